The minimum absolute atomic E-state index is 0.145. The molecule has 2 aliphatic rings. The summed E-state index contributed by atoms with van der Waals surface area (Å²) >= 11 is 0. The van der Waals surface area contributed by atoms with Crippen LogP contribution in [0.25, 0.3) is 11.0 Å². The van der Waals surface area contributed by atoms with E-state index in [-0.39, 0.29) is 6.04 Å². The molecule has 1 saturated carbocycles. The highest BCUT2D eigenvalue weighted by Gasteiger charge is 2.34. The Morgan fingerprint density at radius 1 is 1.16 bits per heavy atom. The highest BCUT2D eigenvalue weighted by molar-refractivity contribution is 6.39. The number of nitrogen functional groups attached to an aromatic ring is 1. The average Bonchev–Trinajstić information content (AvgIpc) is 3.50. The first-order chi connectivity index (χ1) is 15.0. The normalized spacial score (nSPS) is 21.3. The molecule has 2 aromatic heterocycles. The molecule has 0 radical (unpaired) electrons. The Balaban J connectivity index is 1.37. The van der Waals surface area contributed by atoms with Gasteiger partial charge >= 0.3 is 11.8 Å². The van der Waals surface area contributed by atoms with Crippen LogP contribution in [0.2, 0.25) is 0 Å². The molecule has 5 rings (SSSR count). The Bertz CT molecular complexity index is 1150. The number of hydrogen-bond donors (Lipinski definition) is 3. The molecule has 4 N–H and O–H groups in total. The summed E-state index contributed by atoms with van der Waals surface area (Å²) < 4.78 is 0. The summed E-state index contributed by atoms with van der Waals surface area (Å²) in [6.07, 6.45) is 7.14. The maximum Gasteiger partial charge on any atom is 0.313 e. The van der Waals surface area contributed by atoms with Gasteiger partial charge in [0.25, 0.3) is 0 Å². The molecule has 1 saturated heterocycles. The number of piperidine rings is 1. The third-order valence-corrected chi connectivity index (χ3v) is 6.33. The molecule has 0 bridgehead atoms. The van der Waals surface area contributed by atoms with Gasteiger partial charge in [-0.3, -0.25) is 9.59 Å². The van der Waals surface area contributed by atoms with E-state index in [9.17, 15) is 9.59 Å². The van der Waals surface area contributed by atoms with Crippen molar-refractivity contribution in [1.29, 1.82) is 0 Å². The number of benzene rings is 1. The third-order valence-electron chi connectivity index (χ3n) is 6.33. The third kappa shape index (κ3) is 3.85. The molecule has 1 aliphatic heterocycles. The molecule has 1 aromatic carbocycles. The molecule has 2 atom stereocenters. The van der Waals surface area contributed by atoms with Crippen molar-refractivity contribution in [3.05, 3.63) is 47.9 Å². The van der Waals surface area contributed by atoms with Gasteiger partial charge in [0.1, 0.15) is 5.82 Å². The number of hydrogen-bond acceptors (Lipinski definition) is 5. The molecule has 31 heavy (non-hydrogen) atoms. The first kappa shape index (κ1) is 19.5. The number of aromatic amines is 1. The summed E-state index contributed by atoms with van der Waals surface area (Å²) in [6, 6.07) is 7.66. The Kier molecular flexibility index (Phi) is 4.84. The van der Waals surface area contributed by atoms with Gasteiger partial charge in [0.2, 0.25) is 0 Å². The number of nitrogens with one attached hydrogen (secondary N) is 2. The first-order valence-electron chi connectivity index (χ1n) is 10.8. The standard InChI is InChI=1S/C23H26N6O2/c1-13-2-7-20(15-5-6-18-19(8-15)27-12-26-18)29(11-13)23(31)22(30)28-16-9-17(14-3-4-14)21(24)25-10-16/h5-6,8-10,12-14,20H,2-4,7,11H2,1H3,(H2,24,25)(H,26,27)(H,28,30)/t13-,20+/m0/s1. The van der Waals surface area contributed by atoms with E-state index >= 15 is 0 Å². The molecule has 8 heteroatoms. The maximum absolute atomic E-state index is 13.2. The number of imidazole rings is 1. The van der Waals surface area contributed by atoms with E-state index in [1.54, 1.807) is 11.2 Å². The summed E-state index contributed by atoms with van der Waals surface area (Å²) in [4.78, 5) is 39.3. The molecule has 1 aliphatic carbocycles. The molecular formula is C23H26N6O2. The van der Waals surface area contributed by atoms with Crippen LogP contribution in [0, 0.1) is 5.92 Å². The van der Waals surface area contributed by atoms with E-state index in [1.165, 1.54) is 6.20 Å². The Morgan fingerprint density at radius 2 is 2.00 bits per heavy atom. The number of fused-ring (bicyclic) bond motifs is 1. The number of nitrogens with zero attached hydrogens (tertiary/aromatic N) is 3. The molecular weight excluding hydrogens is 392 g/mol. The monoisotopic (exact) mass is 418 g/mol. The summed E-state index contributed by atoms with van der Waals surface area (Å²) in [5, 5.41) is 2.74. The smallest absolute Gasteiger partial charge is 0.313 e. The van der Waals surface area contributed by atoms with Crippen LogP contribution in [-0.2, 0) is 9.59 Å². The van der Waals surface area contributed by atoms with E-state index in [4.69, 9.17) is 5.73 Å². The molecule has 3 heterocycles. The minimum Gasteiger partial charge on any atom is -0.383 e. The predicted octanol–water partition coefficient (Wildman–Crippen LogP) is 3.36. The predicted molar refractivity (Wildman–Crippen MR) is 118 cm³/mol. The van der Waals surface area contributed by atoms with Gasteiger partial charge in [-0.2, -0.15) is 0 Å². The lowest BCUT2D eigenvalue weighted by molar-refractivity contribution is -0.146. The number of rotatable bonds is 3. The van der Waals surface area contributed by atoms with E-state index in [0.29, 0.717) is 29.9 Å². The van der Waals surface area contributed by atoms with Crippen molar-refractivity contribution in [2.45, 2.75) is 44.6 Å². The fraction of sp³-hybridized carbons (Fsp3) is 0.391. The van der Waals surface area contributed by atoms with Crippen molar-refractivity contribution in [2.24, 2.45) is 5.92 Å². The lowest BCUT2D eigenvalue weighted by Crippen LogP contribution is -2.46. The zero-order valence-corrected chi connectivity index (χ0v) is 17.5. The van der Waals surface area contributed by atoms with Crippen LogP contribution in [0.3, 0.4) is 0 Å². The SMILES string of the molecule is C[C@H]1CC[C@H](c2ccc3nc[nH]c3c2)N(C(=O)C(=O)Nc2cnc(N)c(C3CC3)c2)C1. The summed E-state index contributed by atoms with van der Waals surface area (Å²) in [5.41, 5.74) is 10.2. The number of likely N-dealkylation sites (tertiary alicyclic amines) is 1. The lowest BCUT2D eigenvalue weighted by atomic mass is 9.89. The number of H-pyrrole nitrogens is 1. The number of pyridine rings is 1. The van der Waals surface area contributed by atoms with Crippen molar-refractivity contribution < 1.29 is 9.59 Å². The number of carbonyl (C=O) groups excluding carboxylic acids is 2. The van der Waals surface area contributed by atoms with Gasteiger partial charge in [-0.05, 0) is 66.8 Å². The maximum atomic E-state index is 13.2. The van der Waals surface area contributed by atoms with Gasteiger partial charge in [-0.25, -0.2) is 9.97 Å². The van der Waals surface area contributed by atoms with E-state index < -0.39 is 11.8 Å². The molecule has 2 fully saturated rings. The molecule has 3 aromatic rings. The van der Waals surface area contributed by atoms with E-state index in [0.717, 1.165) is 47.8 Å². The van der Waals surface area contributed by atoms with Crippen LogP contribution in [-0.4, -0.2) is 38.2 Å². The second kappa shape index (κ2) is 7.68. The second-order valence-electron chi connectivity index (χ2n) is 8.76. The molecule has 8 nitrogen and oxygen atoms in total. The number of carbonyl (C=O) groups is 2. The van der Waals surface area contributed by atoms with E-state index in [2.05, 4.69) is 27.2 Å². The quantitative estimate of drug-likeness (QED) is 0.564. The second-order valence-corrected chi connectivity index (χ2v) is 8.76. The van der Waals surface area contributed by atoms with Crippen molar-refractivity contribution in [1.82, 2.24) is 19.9 Å². The molecule has 0 unspecified atom stereocenters. The zero-order chi connectivity index (χ0) is 21.5. The number of amides is 2. The summed E-state index contributed by atoms with van der Waals surface area (Å²) in [7, 11) is 0. The van der Waals surface area contributed by atoms with Crippen LogP contribution < -0.4 is 11.1 Å². The topological polar surface area (TPSA) is 117 Å². The fourth-order valence-electron chi connectivity index (χ4n) is 4.48. The van der Waals surface area contributed by atoms with Gasteiger partial charge in [-0.1, -0.05) is 13.0 Å². The van der Waals surface area contributed by atoms with Crippen molar-refractivity contribution in [3.63, 3.8) is 0 Å². The lowest BCUT2D eigenvalue weighted by Gasteiger charge is -2.38. The van der Waals surface area contributed by atoms with Gasteiger partial charge < -0.3 is 20.9 Å². The van der Waals surface area contributed by atoms with Crippen molar-refractivity contribution in [3.8, 4) is 0 Å². The Labute approximate surface area is 180 Å². The highest BCUT2D eigenvalue weighted by atomic mass is 16.2. The highest BCUT2D eigenvalue weighted by Crippen LogP contribution is 2.43. The van der Waals surface area contributed by atoms with Crippen LogP contribution >= 0.6 is 0 Å². The first-order valence-corrected chi connectivity index (χ1v) is 10.8. The minimum atomic E-state index is -0.643. The number of aromatic nitrogens is 3. The van der Waals surface area contributed by atoms with Crippen LogP contribution in [0.1, 0.15) is 55.7 Å². The van der Waals surface area contributed by atoms with Crippen LogP contribution in [0.5, 0.6) is 0 Å². The van der Waals surface area contributed by atoms with Crippen LogP contribution in [0.15, 0.2) is 36.8 Å². The molecule has 0 spiro atoms. The molecule has 2 amide bonds. The summed E-state index contributed by atoms with van der Waals surface area (Å²) in [5.74, 6) is 0.0698. The van der Waals surface area contributed by atoms with Crippen molar-refractivity contribution >= 4 is 34.4 Å². The fourth-order valence-corrected chi connectivity index (χ4v) is 4.48. The largest absolute Gasteiger partial charge is 0.383 e. The summed E-state index contributed by atoms with van der Waals surface area (Å²) in [6.45, 7) is 2.66. The van der Waals surface area contributed by atoms with Gasteiger partial charge in [0.15, 0.2) is 0 Å². The number of nitrogens with two attached hydrogens (primary N) is 1. The molecule has 160 valence electrons. The van der Waals surface area contributed by atoms with Gasteiger partial charge in [0.05, 0.1) is 35.3 Å². The van der Waals surface area contributed by atoms with Crippen molar-refractivity contribution in [2.75, 3.05) is 17.6 Å². The van der Waals surface area contributed by atoms with Gasteiger partial charge in [-0.15, -0.1) is 0 Å². The Hall–Kier alpha value is -3.42. The van der Waals surface area contributed by atoms with Gasteiger partial charge in [0, 0.05) is 6.54 Å². The van der Waals surface area contributed by atoms with E-state index in [1.807, 2.05) is 24.3 Å². The Morgan fingerprint density at radius 3 is 2.81 bits per heavy atom. The average molecular weight is 419 g/mol. The number of anilines is 2. The van der Waals surface area contributed by atoms with Crippen LogP contribution in [0.4, 0.5) is 11.5 Å². The zero-order valence-electron chi connectivity index (χ0n) is 17.5.